The molecule has 4 atom stereocenters. The number of hydrogen-bond acceptors (Lipinski definition) is 4. The highest BCUT2D eigenvalue weighted by Crippen LogP contribution is 2.31. The van der Waals surface area contributed by atoms with Crippen molar-refractivity contribution in [1.82, 2.24) is 0 Å². The van der Waals surface area contributed by atoms with Crippen molar-refractivity contribution in [3.05, 3.63) is 34.9 Å². The van der Waals surface area contributed by atoms with E-state index in [1.807, 2.05) is 6.92 Å². The zero-order valence-corrected chi connectivity index (χ0v) is 15.2. The van der Waals surface area contributed by atoms with Crippen molar-refractivity contribution in [2.75, 3.05) is 6.61 Å². The van der Waals surface area contributed by atoms with Gasteiger partial charge in [0, 0.05) is 0 Å². The molecule has 0 aromatic carbocycles. The first-order valence-corrected chi connectivity index (χ1v) is 8.94. The average Bonchev–Trinajstić information content (AvgIpc) is 2.87. The smallest absolute Gasteiger partial charge is 0.0977 e. The standard InChI is InChI=1S/C20H32O4/c1-13-5-8-19(22)20(4,23)10-9-17(21)14(2)6-7-16-15(3)12-24-18(16)11-13/h11,17-19,21-23H,2,5-10,12H2,1,3-4H3/t17-,18+,19-,20-/m1/s1. The van der Waals surface area contributed by atoms with Gasteiger partial charge < -0.3 is 20.1 Å². The van der Waals surface area contributed by atoms with Crippen LogP contribution in [0.25, 0.3) is 0 Å². The normalized spacial score (nSPS) is 37.0. The number of hydrogen-bond donors (Lipinski definition) is 3. The van der Waals surface area contributed by atoms with Crippen LogP contribution in [0, 0.1) is 0 Å². The summed E-state index contributed by atoms with van der Waals surface area (Å²) < 4.78 is 5.87. The van der Waals surface area contributed by atoms with Gasteiger partial charge in [0.05, 0.1) is 30.5 Å². The molecule has 0 radical (unpaired) electrons. The van der Waals surface area contributed by atoms with Crippen LogP contribution >= 0.6 is 0 Å². The van der Waals surface area contributed by atoms with Crippen LogP contribution in [0.1, 0.15) is 59.3 Å². The maximum Gasteiger partial charge on any atom is 0.0977 e. The Kier molecular flexibility index (Phi) is 6.43. The molecule has 0 bridgehead atoms. The van der Waals surface area contributed by atoms with Gasteiger partial charge in [0.25, 0.3) is 0 Å². The molecular weight excluding hydrogens is 304 g/mol. The van der Waals surface area contributed by atoms with Crippen LogP contribution in [-0.4, -0.2) is 45.8 Å². The SMILES string of the molecule is C=C1CCC2=C(C)CO[C@H]2C=C(C)CC[C@@H](O)[C@](C)(O)CC[C@H]1O. The van der Waals surface area contributed by atoms with Crippen molar-refractivity contribution < 1.29 is 20.1 Å². The lowest BCUT2D eigenvalue weighted by atomic mass is 9.86. The lowest BCUT2D eigenvalue weighted by molar-refractivity contribution is -0.0747. The summed E-state index contributed by atoms with van der Waals surface area (Å²) in [5.74, 6) is 0. The van der Waals surface area contributed by atoms with Crippen LogP contribution in [-0.2, 0) is 4.74 Å². The molecule has 1 aliphatic heterocycles. The van der Waals surface area contributed by atoms with E-state index in [4.69, 9.17) is 4.74 Å². The van der Waals surface area contributed by atoms with Crippen molar-refractivity contribution in [2.45, 2.75) is 83.2 Å². The Hall–Kier alpha value is -0.940. The molecule has 1 aliphatic carbocycles. The molecule has 2 aliphatic rings. The molecule has 0 amide bonds. The largest absolute Gasteiger partial charge is 0.390 e. The summed E-state index contributed by atoms with van der Waals surface area (Å²) in [6.07, 6.45) is 4.18. The van der Waals surface area contributed by atoms with Crippen molar-refractivity contribution in [2.24, 2.45) is 0 Å². The lowest BCUT2D eigenvalue weighted by Crippen LogP contribution is -2.40. The molecule has 3 N–H and O–H groups in total. The second-order valence-electron chi connectivity index (χ2n) is 7.67. The molecule has 4 nitrogen and oxygen atoms in total. The minimum atomic E-state index is -1.20. The number of ether oxygens (including phenoxy) is 1. The van der Waals surface area contributed by atoms with Gasteiger partial charge in [-0.2, -0.15) is 0 Å². The van der Waals surface area contributed by atoms with E-state index in [2.05, 4.69) is 19.6 Å². The fraction of sp³-hybridized carbons (Fsp3) is 0.700. The summed E-state index contributed by atoms with van der Waals surface area (Å²) in [5.41, 5.74) is 3.30. The highest BCUT2D eigenvalue weighted by molar-refractivity contribution is 5.29. The Balaban J connectivity index is 2.21. The molecule has 0 saturated heterocycles. The topological polar surface area (TPSA) is 69.9 Å². The van der Waals surface area contributed by atoms with Crippen molar-refractivity contribution in [3.63, 3.8) is 0 Å². The third-order valence-corrected chi connectivity index (χ3v) is 5.45. The zero-order chi connectivity index (χ0) is 17.9. The number of fused-ring (bicyclic) bond motifs is 1. The van der Waals surface area contributed by atoms with Crippen LogP contribution in [0.5, 0.6) is 0 Å². The Labute approximate surface area is 145 Å². The zero-order valence-electron chi connectivity index (χ0n) is 15.2. The lowest BCUT2D eigenvalue weighted by Gasteiger charge is -2.31. The molecule has 0 aromatic rings. The van der Waals surface area contributed by atoms with E-state index in [0.29, 0.717) is 32.3 Å². The van der Waals surface area contributed by atoms with Crippen molar-refractivity contribution in [3.8, 4) is 0 Å². The fourth-order valence-corrected chi connectivity index (χ4v) is 3.43. The highest BCUT2D eigenvalue weighted by atomic mass is 16.5. The molecule has 1 heterocycles. The second kappa shape index (κ2) is 7.96. The third-order valence-electron chi connectivity index (χ3n) is 5.45. The minimum Gasteiger partial charge on any atom is -0.390 e. The molecule has 0 aromatic heterocycles. The maximum absolute atomic E-state index is 10.5. The predicted molar refractivity (Wildman–Crippen MR) is 95.7 cm³/mol. The summed E-state index contributed by atoms with van der Waals surface area (Å²) in [6.45, 7) is 10.4. The van der Waals surface area contributed by atoms with Gasteiger partial charge in [0.15, 0.2) is 0 Å². The van der Waals surface area contributed by atoms with Crippen LogP contribution < -0.4 is 0 Å². The Morgan fingerprint density at radius 1 is 1.17 bits per heavy atom. The third kappa shape index (κ3) is 4.79. The van der Waals surface area contributed by atoms with Crippen LogP contribution in [0.4, 0.5) is 0 Å². The van der Waals surface area contributed by atoms with Crippen molar-refractivity contribution in [1.29, 1.82) is 0 Å². The first kappa shape index (κ1) is 19.4. The number of aliphatic hydroxyl groups is 3. The first-order chi connectivity index (χ1) is 11.2. The summed E-state index contributed by atoms with van der Waals surface area (Å²) >= 11 is 0. The molecule has 4 heteroatoms. The van der Waals surface area contributed by atoms with Gasteiger partial charge in [-0.3, -0.25) is 0 Å². The summed E-state index contributed by atoms with van der Waals surface area (Å²) in [7, 11) is 0. The van der Waals surface area contributed by atoms with E-state index in [0.717, 1.165) is 24.0 Å². The van der Waals surface area contributed by atoms with Gasteiger partial charge >= 0.3 is 0 Å². The molecule has 2 rings (SSSR count). The molecule has 0 spiro atoms. The van der Waals surface area contributed by atoms with Gasteiger partial charge in [-0.05, 0) is 76.0 Å². The summed E-state index contributed by atoms with van der Waals surface area (Å²) in [5, 5.41) is 31.1. The highest BCUT2D eigenvalue weighted by Gasteiger charge is 2.31. The molecule has 24 heavy (non-hydrogen) atoms. The Bertz CT molecular complexity index is 530. The summed E-state index contributed by atoms with van der Waals surface area (Å²) in [6, 6.07) is 0. The number of allylic oxidation sites excluding steroid dienone is 1. The molecule has 0 saturated carbocycles. The van der Waals surface area contributed by atoms with Gasteiger partial charge in [-0.15, -0.1) is 0 Å². The Morgan fingerprint density at radius 3 is 2.58 bits per heavy atom. The fourth-order valence-electron chi connectivity index (χ4n) is 3.43. The predicted octanol–water partition coefficient (Wildman–Crippen LogP) is 3.03. The Morgan fingerprint density at radius 2 is 1.88 bits per heavy atom. The average molecular weight is 336 g/mol. The molecule has 0 unspecified atom stereocenters. The molecular formula is C20H32O4. The van der Waals surface area contributed by atoms with Crippen molar-refractivity contribution >= 4 is 0 Å². The minimum absolute atomic E-state index is 0.0180. The molecule has 136 valence electrons. The number of rotatable bonds is 0. The second-order valence-corrected chi connectivity index (χ2v) is 7.67. The van der Waals surface area contributed by atoms with Gasteiger partial charge in [-0.1, -0.05) is 18.2 Å². The monoisotopic (exact) mass is 336 g/mol. The van der Waals surface area contributed by atoms with Gasteiger partial charge in [-0.25, -0.2) is 0 Å². The van der Waals surface area contributed by atoms with E-state index in [1.165, 1.54) is 11.1 Å². The van der Waals surface area contributed by atoms with Gasteiger partial charge in [0.1, 0.15) is 0 Å². The van der Waals surface area contributed by atoms with Crippen LogP contribution in [0.2, 0.25) is 0 Å². The quantitative estimate of drug-likeness (QED) is 0.595. The molecule has 0 fully saturated rings. The van der Waals surface area contributed by atoms with Gasteiger partial charge in [0.2, 0.25) is 0 Å². The number of aliphatic hydroxyl groups excluding tert-OH is 2. The van der Waals surface area contributed by atoms with E-state index in [1.54, 1.807) is 6.92 Å². The first-order valence-electron chi connectivity index (χ1n) is 8.94. The van der Waals surface area contributed by atoms with E-state index >= 15 is 0 Å². The maximum atomic E-state index is 10.5. The van der Waals surface area contributed by atoms with E-state index in [-0.39, 0.29) is 6.10 Å². The van der Waals surface area contributed by atoms with E-state index in [9.17, 15) is 15.3 Å². The van der Waals surface area contributed by atoms with Crippen LogP contribution in [0.3, 0.4) is 0 Å². The van der Waals surface area contributed by atoms with Crippen LogP contribution in [0.15, 0.2) is 34.9 Å². The summed E-state index contributed by atoms with van der Waals surface area (Å²) in [4.78, 5) is 0. The van der Waals surface area contributed by atoms with E-state index < -0.39 is 17.8 Å².